The van der Waals surface area contributed by atoms with E-state index >= 15 is 0 Å². The first-order chi connectivity index (χ1) is 17.0. The van der Waals surface area contributed by atoms with Gasteiger partial charge in [-0.1, -0.05) is 23.7 Å². The highest BCUT2D eigenvalue weighted by atomic mass is 35.5. The second-order valence-electron chi connectivity index (χ2n) is 7.37. The molecule has 35 heavy (non-hydrogen) atoms. The fourth-order valence-corrected chi connectivity index (χ4v) is 3.27. The summed E-state index contributed by atoms with van der Waals surface area (Å²) in [5.41, 5.74) is 4.38. The molecular weight excluding hydrogens is 474 g/mol. The zero-order valence-electron chi connectivity index (χ0n) is 18.7. The predicted molar refractivity (Wildman–Crippen MR) is 129 cm³/mol. The monoisotopic (exact) mass is 495 g/mol. The van der Waals surface area contributed by atoms with E-state index in [1.165, 1.54) is 13.3 Å². The van der Waals surface area contributed by atoms with Gasteiger partial charge in [0.2, 0.25) is 6.79 Å². The SMILES string of the molecule is COc1cc(/C=N\NC(=O)CNC(=O)c2ccc3c(c2)OCO3)ccc1OCc1ccc(Cl)cc1. The number of hydrogen-bond donors (Lipinski definition) is 2. The maximum atomic E-state index is 12.2. The minimum atomic E-state index is -0.481. The van der Waals surface area contributed by atoms with Gasteiger partial charge in [0.25, 0.3) is 11.8 Å². The highest BCUT2D eigenvalue weighted by Gasteiger charge is 2.16. The Hall–Kier alpha value is -4.24. The fourth-order valence-electron chi connectivity index (χ4n) is 3.14. The molecule has 1 heterocycles. The number of nitrogens with one attached hydrogen (secondary N) is 2. The van der Waals surface area contributed by atoms with Crippen molar-refractivity contribution in [2.24, 2.45) is 5.10 Å². The van der Waals surface area contributed by atoms with Crippen molar-refractivity contribution >= 4 is 29.6 Å². The van der Waals surface area contributed by atoms with Gasteiger partial charge in [-0.2, -0.15) is 5.10 Å². The number of benzene rings is 3. The number of amides is 2. The van der Waals surface area contributed by atoms with E-state index < -0.39 is 11.8 Å². The first-order valence-corrected chi connectivity index (χ1v) is 10.9. The fraction of sp³-hybridized carbons (Fsp3) is 0.160. The molecule has 4 rings (SSSR count). The minimum absolute atomic E-state index is 0.117. The molecule has 0 fully saturated rings. The van der Waals surface area contributed by atoms with Crippen molar-refractivity contribution in [1.29, 1.82) is 0 Å². The molecule has 10 heteroatoms. The maximum Gasteiger partial charge on any atom is 0.259 e. The molecule has 1 aliphatic heterocycles. The summed E-state index contributed by atoms with van der Waals surface area (Å²) in [6, 6.07) is 17.4. The van der Waals surface area contributed by atoms with Gasteiger partial charge in [0.05, 0.1) is 19.9 Å². The van der Waals surface area contributed by atoms with Crippen LogP contribution in [0.4, 0.5) is 0 Å². The standard InChI is InChI=1S/C25H22ClN3O6/c1-32-22-10-17(4-8-20(22)33-14-16-2-6-19(26)7-3-16)12-28-29-24(30)13-27-25(31)18-5-9-21-23(11-18)35-15-34-21/h2-12H,13-15H2,1H3,(H,27,31)(H,29,30)/b28-12-. The summed E-state index contributed by atoms with van der Waals surface area (Å²) in [4.78, 5) is 24.3. The number of nitrogens with zero attached hydrogens (tertiary/aromatic N) is 1. The number of hydrazone groups is 1. The Morgan fingerprint density at radius 1 is 1.03 bits per heavy atom. The summed E-state index contributed by atoms with van der Waals surface area (Å²) in [6.45, 7) is 0.228. The van der Waals surface area contributed by atoms with Crippen molar-refractivity contribution in [3.63, 3.8) is 0 Å². The zero-order valence-corrected chi connectivity index (χ0v) is 19.5. The number of rotatable bonds is 9. The van der Waals surface area contributed by atoms with Crippen molar-refractivity contribution in [2.45, 2.75) is 6.61 Å². The average Bonchev–Trinajstić information content (AvgIpc) is 3.35. The largest absolute Gasteiger partial charge is 0.493 e. The van der Waals surface area contributed by atoms with E-state index in [2.05, 4.69) is 15.8 Å². The number of carbonyl (C=O) groups is 2. The second kappa shape index (κ2) is 11.3. The van der Waals surface area contributed by atoms with Gasteiger partial charge in [-0.3, -0.25) is 9.59 Å². The Labute approximate surface area is 206 Å². The molecule has 0 saturated carbocycles. The van der Waals surface area contributed by atoms with Crippen molar-refractivity contribution in [3.8, 4) is 23.0 Å². The van der Waals surface area contributed by atoms with E-state index in [9.17, 15) is 9.59 Å². The molecule has 0 saturated heterocycles. The number of hydrogen-bond acceptors (Lipinski definition) is 7. The van der Waals surface area contributed by atoms with Crippen LogP contribution >= 0.6 is 11.6 Å². The molecule has 9 nitrogen and oxygen atoms in total. The van der Waals surface area contributed by atoms with Gasteiger partial charge >= 0.3 is 0 Å². The third-order valence-electron chi connectivity index (χ3n) is 4.94. The zero-order chi connectivity index (χ0) is 24.6. The van der Waals surface area contributed by atoms with E-state index in [-0.39, 0.29) is 13.3 Å². The summed E-state index contributed by atoms with van der Waals surface area (Å²) < 4.78 is 21.7. The molecule has 0 spiro atoms. The normalized spacial score (nSPS) is 11.8. The quantitative estimate of drug-likeness (QED) is 0.347. The van der Waals surface area contributed by atoms with Gasteiger partial charge in [0.15, 0.2) is 23.0 Å². The van der Waals surface area contributed by atoms with Crippen molar-refractivity contribution in [2.75, 3.05) is 20.4 Å². The molecule has 0 unspecified atom stereocenters. The van der Waals surface area contributed by atoms with Gasteiger partial charge in [0.1, 0.15) is 6.61 Å². The lowest BCUT2D eigenvalue weighted by Crippen LogP contribution is -2.34. The first-order valence-electron chi connectivity index (χ1n) is 10.6. The van der Waals surface area contributed by atoms with Crippen LogP contribution in [0, 0.1) is 0 Å². The Morgan fingerprint density at radius 3 is 2.63 bits per heavy atom. The van der Waals surface area contributed by atoms with Crippen LogP contribution in [-0.2, 0) is 11.4 Å². The lowest BCUT2D eigenvalue weighted by molar-refractivity contribution is -0.120. The Balaban J connectivity index is 1.26. The highest BCUT2D eigenvalue weighted by molar-refractivity contribution is 6.30. The summed E-state index contributed by atoms with van der Waals surface area (Å²) in [6.07, 6.45) is 1.46. The van der Waals surface area contributed by atoms with E-state index in [4.69, 9.17) is 30.5 Å². The summed E-state index contributed by atoms with van der Waals surface area (Å²) in [7, 11) is 1.54. The van der Waals surface area contributed by atoms with Crippen LogP contribution in [0.1, 0.15) is 21.5 Å². The Morgan fingerprint density at radius 2 is 1.83 bits per heavy atom. The number of fused-ring (bicyclic) bond motifs is 1. The Bertz CT molecular complexity index is 1250. The summed E-state index contributed by atoms with van der Waals surface area (Å²) in [5, 5.41) is 7.12. The van der Waals surface area contributed by atoms with Crippen molar-refractivity contribution in [3.05, 3.63) is 82.4 Å². The second-order valence-corrected chi connectivity index (χ2v) is 7.81. The van der Waals surface area contributed by atoms with E-state index in [1.54, 1.807) is 48.5 Å². The number of ether oxygens (including phenoxy) is 4. The molecule has 0 aromatic heterocycles. The van der Waals surface area contributed by atoms with E-state index in [0.717, 1.165) is 5.56 Å². The van der Waals surface area contributed by atoms with Gasteiger partial charge in [-0.05, 0) is 59.7 Å². The minimum Gasteiger partial charge on any atom is -0.493 e. The van der Waals surface area contributed by atoms with E-state index in [0.29, 0.717) is 45.8 Å². The van der Waals surface area contributed by atoms with Crippen molar-refractivity contribution in [1.82, 2.24) is 10.7 Å². The summed E-state index contributed by atoms with van der Waals surface area (Å²) >= 11 is 5.90. The van der Waals surface area contributed by atoms with Crippen LogP contribution in [0.5, 0.6) is 23.0 Å². The van der Waals surface area contributed by atoms with Crippen LogP contribution in [0.2, 0.25) is 5.02 Å². The molecule has 0 aliphatic carbocycles. The smallest absolute Gasteiger partial charge is 0.259 e. The van der Waals surface area contributed by atoms with Crippen LogP contribution in [0.25, 0.3) is 0 Å². The molecule has 0 atom stereocenters. The van der Waals surface area contributed by atoms with Crippen LogP contribution < -0.4 is 29.7 Å². The molecule has 180 valence electrons. The maximum absolute atomic E-state index is 12.2. The number of methoxy groups -OCH3 is 1. The average molecular weight is 496 g/mol. The predicted octanol–water partition coefficient (Wildman–Crippen LogP) is 3.54. The van der Waals surface area contributed by atoms with Gasteiger partial charge < -0.3 is 24.3 Å². The molecule has 2 amide bonds. The first kappa shape index (κ1) is 23.9. The van der Waals surface area contributed by atoms with Gasteiger partial charge in [0, 0.05) is 10.6 Å². The number of carbonyl (C=O) groups excluding carboxylic acids is 2. The topological polar surface area (TPSA) is 107 Å². The molecule has 0 bridgehead atoms. The number of halogens is 1. The third kappa shape index (κ3) is 6.42. The molecule has 2 N–H and O–H groups in total. The molecule has 0 radical (unpaired) electrons. The van der Waals surface area contributed by atoms with Crippen molar-refractivity contribution < 1.29 is 28.5 Å². The van der Waals surface area contributed by atoms with Gasteiger partial charge in [-0.15, -0.1) is 0 Å². The van der Waals surface area contributed by atoms with Crippen LogP contribution in [-0.4, -0.2) is 38.5 Å². The van der Waals surface area contributed by atoms with Crippen LogP contribution in [0.15, 0.2) is 65.8 Å². The Kier molecular flexibility index (Phi) is 7.69. The van der Waals surface area contributed by atoms with Crippen LogP contribution in [0.3, 0.4) is 0 Å². The lowest BCUT2D eigenvalue weighted by Gasteiger charge is -2.11. The van der Waals surface area contributed by atoms with E-state index in [1.807, 2.05) is 12.1 Å². The molecular formula is C25H22ClN3O6. The van der Waals surface area contributed by atoms with Gasteiger partial charge in [-0.25, -0.2) is 5.43 Å². The molecule has 3 aromatic rings. The highest BCUT2D eigenvalue weighted by Crippen LogP contribution is 2.32. The molecule has 1 aliphatic rings. The molecule has 3 aromatic carbocycles. The third-order valence-corrected chi connectivity index (χ3v) is 5.19. The summed E-state index contributed by atoms with van der Waals surface area (Å²) in [5.74, 6) is 1.25. The lowest BCUT2D eigenvalue weighted by atomic mass is 10.2.